The molecule has 0 aromatic carbocycles. The van der Waals surface area contributed by atoms with Crippen LogP contribution in [0.4, 0.5) is 0 Å². The summed E-state index contributed by atoms with van der Waals surface area (Å²) in [7, 11) is -5.06. The van der Waals surface area contributed by atoms with Crippen LogP contribution in [0.25, 0.3) is 0 Å². The third-order valence-electron chi connectivity index (χ3n) is 11.3. The summed E-state index contributed by atoms with van der Waals surface area (Å²) in [5.41, 5.74) is 0. The van der Waals surface area contributed by atoms with Gasteiger partial charge in [0.1, 0.15) is 30.5 Å². The smallest absolute Gasteiger partial charge is 0.397 e. The Morgan fingerprint density at radius 2 is 1.08 bits per heavy atom. The van der Waals surface area contributed by atoms with Crippen LogP contribution in [0.5, 0.6) is 0 Å². The van der Waals surface area contributed by atoms with Crippen molar-refractivity contribution in [3.63, 3.8) is 0 Å². The highest BCUT2D eigenvalue weighted by molar-refractivity contribution is 7.80. The maximum Gasteiger partial charge on any atom is 0.397 e. The first-order chi connectivity index (χ1) is 29.6. The molecule has 0 aromatic heterocycles. The lowest BCUT2D eigenvalue weighted by Gasteiger charge is -2.41. The molecule has 1 saturated heterocycles. The topological polar surface area (TPSA) is 178 Å². The van der Waals surface area contributed by atoms with E-state index < -0.39 is 59.8 Å². The quantitative estimate of drug-likeness (QED) is 0.0197. The van der Waals surface area contributed by atoms with Crippen LogP contribution in [0.1, 0.15) is 213 Å². The second kappa shape index (κ2) is 40.1. The van der Waals surface area contributed by atoms with Gasteiger partial charge in [0.25, 0.3) is 0 Å². The molecule has 0 bridgehead atoms. The lowest BCUT2D eigenvalue weighted by molar-refractivity contribution is -0.301. The van der Waals surface area contributed by atoms with Crippen LogP contribution in [-0.4, -0.2) is 97.5 Å². The van der Waals surface area contributed by atoms with Crippen LogP contribution in [0, 0.1) is 0 Å². The van der Waals surface area contributed by atoms with E-state index in [0.29, 0.717) is 13.0 Å². The van der Waals surface area contributed by atoms with Crippen molar-refractivity contribution in [1.29, 1.82) is 0 Å². The van der Waals surface area contributed by atoms with Crippen molar-refractivity contribution < 1.29 is 56.2 Å². The van der Waals surface area contributed by atoms with E-state index in [-0.39, 0.29) is 19.6 Å². The number of hydrogen-bond donors (Lipinski definition) is 4. The van der Waals surface area contributed by atoms with Crippen molar-refractivity contribution in [2.75, 3.05) is 26.4 Å². The van der Waals surface area contributed by atoms with Crippen molar-refractivity contribution in [2.24, 2.45) is 0 Å². The number of unbranched alkanes of at least 4 members (excludes halogenated alkanes) is 26. The van der Waals surface area contributed by atoms with E-state index in [1.54, 1.807) is 0 Å². The molecule has 1 rings (SSSR count). The molecule has 0 spiro atoms. The summed E-state index contributed by atoms with van der Waals surface area (Å²) < 4.78 is 59.1. The molecule has 4 N–H and O–H groups in total. The van der Waals surface area contributed by atoms with Gasteiger partial charge in [0.2, 0.25) is 0 Å². The average molecular weight is 891 g/mol. The molecule has 12 nitrogen and oxygen atoms in total. The minimum absolute atomic E-state index is 0.0389. The third-order valence-corrected chi connectivity index (χ3v) is 11.8. The zero-order valence-electron chi connectivity index (χ0n) is 38.5. The predicted octanol–water partition coefficient (Wildman–Crippen LogP) is 10.8. The predicted molar refractivity (Wildman–Crippen MR) is 244 cm³/mol. The third kappa shape index (κ3) is 33.7. The summed E-state index contributed by atoms with van der Waals surface area (Å²) >= 11 is 0. The molecule has 0 saturated carbocycles. The maximum absolute atomic E-state index is 12.8. The first kappa shape index (κ1) is 57.6. The highest BCUT2D eigenvalue weighted by atomic mass is 32.3. The molecule has 0 amide bonds. The second-order valence-electron chi connectivity index (χ2n) is 17.1. The molecule has 1 fully saturated rings. The Balaban J connectivity index is 2.29. The molecule has 0 radical (unpaired) electrons. The van der Waals surface area contributed by atoms with E-state index in [2.05, 4.69) is 42.3 Å². The number of aliphatic hydroxyl groups is 3. The maximum atomic E-state index is 12.8. The van der Waals surface area contributed by atoms with Crippen LogP contribution in [-0.2, 0) is 38.3 Å². The van der Waals surface area contributed by atoms with E-state index in [4.69, 9.17) is 23.5 Å². The summed E-state index contributed by atoms with van der Waals surface area (Å²) in [6.07, 6.45) is 36.5. The molecular formula is C48H90O12S. The average Bonchev–Trinajstić information content (AvgIpc) is 3.23. The normalized spacial score (nSPS) is 20.3. The zero-order valence-corrected chi connectivity index (χ0v) is 39.3. The Morgan fingerprint density at radius 1 is 0.623 bits per heavy atom. The first-order valence-electron chi connectivity index (χ1n) is 24.6. The number of carbonyl (C=O) groups is 1. The lowest BCUT2D eigenvalue weighted by Crippen LogP contribution is -2.60. The Labute approximate surface area is 371 Å². The Bertz CT molecular complexity index is 1170. The highest BCUT2D eigenvalue weighted by Gasteiger charge is 2.48. The zero-order chi connectivity index (χ0) is 44.7. The van der Waals surface area contributed by atoms with Crippen LogP contribution in [0.15, 0.2) is 24.3 Å². The van der Waals surface area contributed by atoms with Gasteiger partial charge in [0.05, 0.1) is 19.8 Å². The van der Waals surface area contributed by atoms with Crippen molar-refractivity contribution in [3.8, 4) is 0 Å². The molecule has 13 heteroatoms. The van der Waals surface area contributed by atoms with Crippen molar-refractivity contribution >= 4 is 16.4 Å². The molecule has 6 unspecified atom stereocenters. The second-order valence-corrected chi connectivity index (χ2v) is 18.1. The number of hydrogen-bond acceptors (Lipinski definition) is 11. The molecule has 0 aliphatic carbocycles. The molecule has 1 heterocycles. The van der Waals surface area contributed by atoms with Gasteiger partial charge in [-0.1, -0.05) is 186 Å². The van der Waals surface area contributed by atoms with Gasteiger partial charge < -0.3 is 34.3 Å². The van der Waals surface area contributed by atoms with Crippen LogP contribution in [0.3, 0.4) is 0 Å². The van der Waals surface area contributed by atoms with Gasteiger partial charge in [-0.15, -0.1) is 0 Å². The van der Waals surface area contributed by atoms with E-state index in [1.165, 1.54) is 141 Å². The summed E-state index contributed by atoms with van der Waals surface area (Å²) in [6.45, 7) is 3.98. The summed E-state index contributed by atoms with van der Waals surface area (Å²) in [4.78, 5) is 12.8. The number of esters is 1. The van der Waals surface area contributed by atoms with Gasteiger partial charge in [-0.25, -0.2) is 4.18 Å². The van der Waals surface area contributed by atoms with Gasteiger partial charge in [0, 0.05) is 13.0 Å². The number of allylic oxidation sites excluding steroid dienone is 4. The molecule has 6 atom stereocenters. The van der Waals surface area contributed by atoms with Gasteiger partial charge >= 0.3 is 16.4 Å². The molecule has 1 aliphatic heterocycles. The Morgan fingerprint density at radius 3 is 1.56 bits per heavy atom. The fourth-order valence-corrected chi connectivity index (χ4v) is 8.09. The van der Waals surface area contributed by atoms with Gasteiger partial charge in [-0.2, -0.15) is 8.42 Å². The number of rotatable bonds is 43. The molecular weight excluding hydrogens is 801 g/mol. The van der Waals surface area contributed by atoms with Crippen LogP contribution >= 0.6 is 0 Å². The fraction of sp³-hybridized carbons (Fsp3) is 0.896. The summed E-state index contributed by atoms with van der Waals surface area (Å²) in [6, 6.07) is 0. The monoisotopic (exact) mass is 891 g/mol. The molecule has 61 heavy (non-hydrogen) atoms. The fourth-order valence-electron chi connectivity index (χ4n) is 7.59. The minimum Gasteiger partial charge on any atom is -0.457 e. The van der Waals surface area contributed by atoms with E-state index in [9.17, 15) is 28.5 Å². The molecule has 0 aromatic rings. The first-order valence-corrected chi connectivity index (χ1v) is 26.0. The number of ether oxygens (including phenoxy) is 4. The van der Waals surface area contributed by atoms with E-state index >= 15 is 0 Å². The Kier molecular flexibility index (Phi) is 37.9. The van der Waals surface area contributed by atoms with Crippen LogP contribution < -0.4 is 0 Å². The van der Waals surface area contributed by atoms with Crippen molar-refractivity contribution in [1.82, 2.24) is 0 Å². The van der Waals surface area contributed by atoms with Gasteiger partial charge in [0.15, 0.2) is 6.29 Å². The lowest BCUT2D eigenvalue weighted by atomic mass is 9.99. The highest BCUT2D eigenvalue weighted by Crippen LogP contribution is 2.26. The van der Waals surface area contributed by atoms with Crippen molar-refractivity contribution in [2.45, 2.75) is 250 Å². The van der Waals surface area contributed by atoms with Gasteiger partial charge in [-0.3, -0.25) is 9.35 Å². The number of carbonyl (C=O) groups excluding carboxylic acids is 1. The standard InChI is InChI=1S/C48H90O12S/c1-3-5-7-9-11-13-15-16-17-18-19-20-21-22-23-24-25-26-27-28-30-32-34-36-38-56-40-42(58-44(50)37-35-33-31-29-14-12-10-8-6-4-2)41-57-48-46(52)47(60-61(53,54)55)45(51)43(39-49)59-48/h15-16,18-19,42-43,45-49,51-52H,3-14,17,20-41H2,1-2H3,(H,53,54,55)/b16-15-,19-18-. The van der Waals surface area contributed by atoms with Crippen LogP contribution in [0.2, 0.25) is 0 Å². The van der Waals surface area contributed by atoms with Crippen molar-refractivity contribution in [3.05, 3.63) is 24.3 Å². The largest absolute Gasteiger partial charge is 0.457 e. The molecule has 360 valence electrons. The summed E-state index contributed by atoms with van der Waals surface area (Å²) in [5, 5.41) is 30.7. The summed E-state index contributed by atoms with van der Waals surface area (Å²) in [5.74, 6) is -0.400. The van der Waals surface area contributed by atoms with E-state index in [1.807, 2.05) is 0 Å². The SMILES string of the molecule is CCCCCCC/C=C\C/C=C\CCCCCCCCCCCCCCOCC(COC1OC(CO)C(O)C(OS(=O)(=O)O)C1O)OC(=O)CCCCCCCCCCCC. The molecule has 1 aliphatic rings. The van der Waals surface area contributed by atoms with E-state index in [0.717, 1.165) is 44.9 Å². The number of aliphatic hydroxyl groups excluding tert-OH is 3. The van der Waals surface area contributed by atoms with Gasteiger partial charge in [-0.05, 0) is 44.9 Å². The Hall–Kier alpha value is -1.42. The minimum atomic E-state index is -5.06.